The lowest BCUT2D eigenvalue weighted by Crippen LogP contribution is -2.24. The van der Waals surface area contributed by atoms with E-state index in [9.17, 15) is 5.11 Å². The first kappa shape index (κ1) is 12.4. The van der Waals surface area contributed by atoms with Gasteiger partial charge in [-0.25, -0.2) is 0 Å². The molecule has 0 heterocycles. The maximum absolute atomic E-state index is 11.2. The Morgan fingerprint density at radius 1 is 1.16 bits per heavy atom. The molecule has 3 rings (SSSR count). The summed E-state index contributed by atoms with van der Waals surface area (Å²) >= 11 is 0. The first-order valence-electron chi connectivity index (χ1n) is 7.05. The third-order valence-electron chi connectivity index (χ3n) is 4.28. The molecule has 0 aromatic heterocycles. The molecule has 0 aliphatic heterocycles. The number of benzene rings is 2. The van der Waals surface area contributed by atoms with E-state index in [0.717, 1.165) is 30.4 Å². The summed E-state index contributed by atoms with van der Waals surface area (Å²) in [5.41, 5.74) is 5.12. The SMILES string of the molecule is CCc1cccc(C2(O)CCc3ccc(C)cc32)c1. The fraction of sp³-hybridized carbons (Fsp3) is 0.333. The van der Waals surface area contributed by atoms with Crippen LogP contribution in [0.25, 0.3) is 0 Å². The minimum absolute atomic E-state index is 0.791. The minimum atomic E-state index is -0.799. The van der Waals surface area contributed by atoms with E-state index >= 15 is 0 Å². The van der Waals surface area contributed by atoms with Crippen molar-refractivity contribution in [3.8, 4) is 0 Å². The summed E-state index contributed by atoms with van der Waals surface area (Å²) in [6.07, 6.45) is 2.76. The van der Waals surface area contributed by atoms with Gasteiger partial charge in [-0.1, -0.05) is 55.0 Å². The Hall–Kier alpha value is -1.60. The van der Waals surface area contributed by atoms with Crippen molar-refractivity contribution in [3.63, 3.8) is 0 Å². The Morgan fingerprint density at radius 3 is 2.79 bits per heavy atom. The molecule has 0 saturated heterocycles. The highest BCUT2D eigenvalue weighted by molar-refractivity contribution is 5.47. The quantitative estimate of drug-likeness (QED) is 0.863. The van der Waals surface area contributed by atoms with Crippen LogP contribution in [0.5, 0.6) is 0 Å². The second kappa shape index (κ2) is 4.50. The molecule has 0 spiro atoms. The predicted molar refractivity (Wildman–Crippen MR) is 78.3 cm³/mol. The van der Waals surface area contributed by atoms with E-state index in [2.05, 4.69) is 56.3 Å². The van der Waals surface area contributed by atoms with Crippen LogP contribution in [-0.4, -0.2) is 5.11 Å². The van der Waals surface area contributed by atoms with E-state index in [-0.39, 0.29) is 0 Å². The highest BCUT2D eigenvalue weighted by Gasteiger charge is 2.38. The third-order valence-corrected chi connectivity index (χ3v) is 4.28. The Kier molecular flexibility index (Phi) is 2.94. The molecule has 2 aromatic carbocycles. The number of aliphatic hydroxyl groups is 1. The van der Waals surface area contributed by atoms with Gasteiger partial charge in [0, 0.05) is 0 Å². The standard InChI is InChI=1S/C18H20O/c1-3-14-5-4-6-16(12-14)18(19)10-9-15-8-7-13(2)11-17(15)18/h4-8,11-12,19H,3,9-10H2,1-2H3. The molecule has 0 fully saturated rings. The molecule has 1 atom stereocenters. The van der Waals surface area contributed by atoms with E-state index in [1.165, 1.54) is 16.7 Å². The molecule has 2 aromatic rings. The summed E-state index contributed by atoms with van der Waals surface area (Å²) in [7, 11) is 0. The normalized spacial score (nSPS) is 21.4. The minimum Gasteiger partial charge on any atom is -0.380 e. The summed E-state index contributed by atoms with van der Waals surface area (Å²) < 4.78 is 0. The molecule has 1 aliphatic rings. The molecule has 1 nitrogen and oxygen atoms in total. The molecule has 1 unspecified atom stereocenters. The van der Waals surface area contributed by atoms with E-state index in [1.807, 2.05) is 0 Å². The van der Waals surface area contributed by atoms with Crippen molar-refractivity contribution < 1.29 is 5.11 Å². The summed E-state index contributed by atoms with van der Waals surface area (Å²) in [5.74, 6) is 0. The van der Waals surface area contributed by atoms with Gasteiger partial charge in [0.25, 0.3) is 0 Å². The van der Waals surface area contributed by atoms with Crippen LogP contribution in [0.15, 0.2) is 42.5 Å². The van der Waals surface area contributed by atoms with Gasteiger partial charge in [-0.05, 0) is 48.4 Å². The van der Waals surface area contributed by atoms with Crippen molar-refractivity contribution >= 4 is 0 Å². The van der Waals surface area contributed by atoms with Gasteiger partial charge in [0.1, 0.15) is 5.60 Å². The van der Waals surface area contributed by atoms with E-state index in [0.29, 0.717) is 0 Å². The van der Waals surface area contributed by atoms with E-state index in [1.54, 1.807) is 0 Å². The molecule has 0 saturated carbocycles. The monoisotopic (exact) mass is 252 g/mol. The van der Waals surface area contributed by atoms with Gasteiger partial charge >= 0.3 is 0 Å². The molecular formula is C18H20O. The number of aryl methyl sites for hydroxylation is 3. The average Bonchev–Trinajstić information content (AvgIpc) is 2.77. The van der Waals surface area contributed by atoms with Crippen LogP contribution >= 0.6 is 0 Å². The highest BCUT2D eigenvalue weighted by Crippen LogP contribution is 2.42. The van der Waals surface area contributed by atoms with Gasteiger partial charge in [-0.3, -0.25) is 0 Å². The second-order valence-corrected chi connectivity index (χ2v) is 5.57. The lowest BCUT2D eigenvalue weighted by molar-refractivity contribution is 0.0828. The van der Waals surface area contributed by atoms with Gasteiger partial charge in [0.05, 0.1) is 0 Å². The van der Waals surface area contributed by atoms with Gasteiger partial charge in [0.2, 0.25) is 0 Å². The van der Waals surface area contributed by atoms with Crippen molar-refractivity contribution in [1.29, 1.82) is 0 Å². The average molecular weight is 252 g/mol. The number of hydrogen-bond acceptors (Lipinski definition) is 1. The van der Waals surface area contributed by atoms with E-state index in [4.69, 9.17) is 0 Å². The number of fused-ring (bicyclic) bond motifs is 1. The van der Waals surface area contributed by atoms with Gasteiger partial charge in [0.15, 0.2) is 0 Å². The van der Waals surface area contributed by atoms with Crippen molar-refractivity contribution in [2.45, 2.75) is 38.7 Å². The Balaban J connectivity index is 2.13. The van der Waals surface area contributed by atoms with Crippen LogP contribution in [0.4, 0.5) is 0 Å². The molecule has 1 aliphatic carbocycles. The third kappa shape index (κ3) is 1.98. The second-order valence-electron chi connectivity index (χ2n) is 5.57. The summed E-state index contributed by atoms with van der Waals surface area (Å²) in [5, 5.41) is 11.2. The maximum Gasteiger partial charge on any atom is 0.115 e. The van der Waals surface area contributed by atoms with Gasteiger partial charge in [-0.2, -0.15) is 0 Å². The topological polar surface area (TPSA) is 20.2 Å². The molecule has 0 bridgehead atoms. The lowest BCUT2D eigenvalue weighted by atomic mass is 9.86. The summed E-state index contributed by atoms with van der Waals surface area (Å²) in [6, 6.07) is 14.8. The zero-order valence-corrected chi connectivity index (χ0v) is 11.6. The van der Waals surface area contributed by atoms with Crippen LogP contribution in [0.3, 0.4) is 0 Å². The summed E-state index contributed by atoms with van der Waals surface area (Å²) in [6.45, 7) is 4.23. The molecule has 1 heteroatoms. The van der Waals surface area contributed by atoms with Crippen LogP contribution in [0.1, 0.15) is 41.2 Å². The zero-order chi connectivity index (χ0) is 13.5. The smallest absolute Gasteiger partial charge is 0.115 e. The molecule has 19 heavy (non-hydrogen) atoms. The van der Waals surface area contributed by atoms with Crippen LogP contribution in [0.2, 0.25) is 0 Å². The summed E-state index contributed by atoms with van der Waals surface area (Å²) in [4.78, 5) is 0. The van der Waals surface area contributed by atoms with Crippen molar-refractivity contribution in [2.75, 3.05) is 0 Å². The fourth-order valence-electron chi connectivity index (χ4n) is 3.09. The Bertz CT molecular complexity index is 615. The van der Waals surface area contributed by atoms with Crippen LogP contribution in [0, 0.1) is 6.92 Å². The lowest BCUT2D eigenvalue weighted by Gasteiger charge is -2.25. The van der Waals surface area contributed by atoms with Crippen molar-refractivity contribution in [2.24, 2.45) is 0 Å². The predicted octanol–water partition coefficient (Wildman–Crippen LogP) is 3.74. The first-order valence-corrected chi connectivity index (χ1v) is 7.05. The molecule has 0 amide bonds. The number of rotatable bonds is 2. The largest absolute Gasteiger partial charge is 0.380 e. The van der Waals surface area contributed by atoms with E-state index < -0.39 is 5.60 Å². The number of hydrogen-bond donors (Lipinski definition) is 1. The van der Waals surface area contributed by atoms with Crippen molar-refractivity contribution in [3.05, 3.63) is 70.3 Å². The maximum atomic E-state index is 11.2. The molecular weight excluding hydrogens is 232 g/mol. The van der Waals surface area contributed by atoms with Crippen LogP contribution in [-0.2, 0) is 18.4 Å². The fourth-order valence-corrected chi connectivity index (χ4v) is 3.09. The van der Waals surface area contributed by atoms with Gasteiger partial charge < -0.3 is 5.11 Å². The Labute approximate surface area is 114 Å². The Morgan fingerprint density at radius 2 is 2.00 bits per heavy atom. The van der Waals surface area contributed by atoms with Gasteiger partial charge in [-0.15, -0.1) is 0 Å². The van der Waals surface area contributed by atoms with Crippen molar-refractivity contribution in [1.82, 2.24) is 0 Å². The first-order chi connectivity index (χ1) is 9.13. The zero-order valence-electron chi connectivity index (χ0n) is 11.6. The molecule has 0 radical (unpaired) electrons. The molecule has 1 N–H and O–H groups in total. The highest BCUT2D eigenvalue weighted by atomic mass is 16.3. The van der Waals surface area contributed by atoms with Crippen LogP contribution < -0.4 is 0 Å². The molecule has 98 valence electrons.